The van der Waals surface area contributed by atoms with Crippen molar-refractivity contribution >= 4 is 5.91 Å². The monoisotopic (exact) mass is 336 g/mol. The fourth-order valence-electron chi connectivity index (χ4n) is 3.04. The Bertz CT molecular complexity index is 835. The predicted molar refractivity (Wildman–Crippen MR) is 94.0 cm³/mol. The molecule has 1 saturated heterocycles. The van der Waals surface area contributed by atoms with E-state index in [1.54, 1.807) is 17.0 Å². The van der Waals surface area contributed by atoms with Gasteiger partial charge in [-0.1, -0.05) is 12.1 Å². The van der Waals surface area contributed by atoms with Crippen molar-refractivity contribution in [1.82, 2.24) is 14.8 Å². The molecule has 0 radical (unpaired) electrons. The third-order valence-electron chi connectivity index (χ3n) is 4.41. The molecule has 2 aromatic rings. The topological polar surface area (TPSA) is 80.2 Å². The molecule has 0 spiro atoms. The number of carbonyl (C=O) groups excluding carboxylic acids is 1. The minimum Gasteiger partial charge on any atom is -0.337 e. The number of benzene rings is 1. The number of amides is 1. The number of hydrogen-bond donors (Lipinski definition) is 1. The largest absolute Gasteiger partial charge is 0.337 e. The minimum absolute atomic E-state index is 0.197. The summed E-state index contributed by atoms with van der Waals surface area (Å²) in [5.41, 5.74) is 1.66. The summed E-state index contributed by atoms with van der Waals surface area (Å²) in [6.07, 6.45) is 2.40. The van der Waals surface area contributed by atoms with E-state index in [0.29, 0.717) is 18.7 Å². The van der Waals surface area contributed by atoms with Gasteiger partial charge in [0.2, 0.25) is 0 Å². The van der Waals surface area contributed by atoms with Crippen LogP contribution in [0.3, 0.4) is 0 Å². The lowest BCUT2D eigenvalue weighted by Gasteiger charge is -2.22. The number of nitrogens with zero attached hydrogens (tertiary/aromatic N) is 3. The van der Waals surface area contributed by atoms with Crippen molar-refractivity contribution in [1.29, 1.82) is 5.26 Å². The van der Waals surface area contributed by atoms with E-state index in [2.05, 4.69) is 16.0 Å². The lowest BCUT2D eigenvalue weighted by Crippen LogP contribution is -2.37. The lowest BCUT2D eigenvalue weighted by molar-refractivity contribution is 0.0759. The second kappa shape index (κ2) is 7.77. The van der Waals surface area contributed by atoms with E-state index < -0.39 is 0 Å². The van der Waals surface area contributed by atoms with Crippen molar-refractivity contribution in [2.45, 2.75) is 13.0 Å². The standard InChI is InChI=1S/C19H20N4O2/c20-13-15-4-6-16(7-5-15)14-22-9-2-10-23(12-11-22)19(25)17-3-1-8-21-18(17)24/h1,3-8H,2,9-12,14H2,(H,21,24). The summed E-state index contributed by atoms with van der Waals surface area (Å²) >= 11 is 0. The van der Waals surface area contributed by atoms with E-state index in [1.807, 2.05) is 24.3 Å². The molecule has 25 heavy (non-hydrogen) atoms. The Hall–Kier alpha value is -2.91. The summed E-state index contributed by atoms with van der Waals surface area (Å²) in [6, 6.07) is 12.9. The van der Waals surface area contributed by atoms with Gasteiger partial charge >= 0.3 is 0 Å². The Balaban J connectivity index is 1.62. The zero-order valence-corrected chi connectivity index (χ0v) is 13.9. The third-order valence-corrected chi connectivity index (χ3v) is 4.41. The van der Waals surface area contributed by atoms with Crippen LogP contribution in [0, 0.1) is 11.3 Å². The maximum Gasteiger partial charge on any atom is 0.260 e. The van der Waals surface area contributed by atoms with Crippen molar-refractivity contribution in [2.75, 3.05) is 26.2 Å². The molecular weight excluding hydrogens is 316 g/mol. The van der Waals surface area contributed by atoms with Gasteiger partial charge < -0.3 is 9.88 Å². The van der Waals surface area contributed by atoms with Gasteiger partial charge in [-0.15, -0.1) is 0 Å². The fraction of sp³-hybridized carbons (Fsp3) is 0.316. The summed E-state index contributed by atoms with van der Waals surface area (Å²) in [5.74, 6) is -0.206. The molecular formula is C19H20N4O2. The first-order valence-electron chi connectivity index (χ1n) is 8.36. The molecule has 1 amide bonds. The van der Waals surface area contributed by atoms with Crippen LogP contribution in [0.2, 0.25) is 0 Å². The van der Waals surface area contributed by atoms with Gasteiger partial charge in [0.25, 0.3) is 11.5 Å². The molecule has 1 aliphatic heterocycles. The van der Waals surface area contributed by atoms with Gasteiger partial charge in [-0.3, -0.25) is 14.5 Å². The van der Waals surface area contributed by atoms with Gasteiger partial charge in [-0.2, -0.15) is 5.26 Å². The number of rotatable bonds is 3. The maximum absolute atomic E-state index is 12.6. The first-order valence-corrected chi connectivity index (χ1v) is 8.36. The molecule has 0 aliphatic carbocycles. The summed E-state index contributed by atoms with van der Waals surface area (Å²) < 4.78 is 0. The maximum atomic E-state index is 12.6. The summed E-state index contributed by atoms with van der Waals surface area (Å²) in [7, 11) is 0. The SMILES string of the molecule is N#Cc1ccc(CN2CCCN(C(=O)c3ccc[nH]c3=O)CC2)cc1. The number of H-pyrrole nitrogens is 1. The number of aromatic amines is 1. The summed E-state index contributed by atoms with van der Waals surface area (Å²) in [6.45, 7) is 3.70. The molecule has 128 valence electrons. The highest BCUT2D eigenvalue weighted by atomic mass is 16.2. The van der Waals surface area contributed by atoms with Crippen LogP contribution in [-0.2, 0) is 6.54 Å². The Morgan fingerprint density at radius 2 is 1.92 bits per heavy atom. The smallest absolute Gasteiger partial charge is 0.260 e. The van der Waals surface area contributed by atoms with Crippen molar-refractivity contribution in [3.63, 3.8) is 0 Å². The second-order valence-electron chi connectivity index (χ2n) is 6.14. The quantitative estimate of drug-likeness (QED) is 0.923. The van der Waals surface area contributed by atoms with Crippen LogP contribution >= 0.6 is 0 Å². The Morgan fingerprint density at radius 1 is 1.12 bits per heavy atom. The molecule has 1 aromatic carbocycles. The number of aromatic nitrogens is 1. The van der Waals surface area contributed by atoms with Gasteiger partial charge in [-0.25, -0.2) is 0 Å². The number of pyridine rings is 1. The first kappa shape index (κ1) is 16.9. The molecule has 6 heteroatoms. The molecule has 0 bridgehead atoms. The van der Waals surface area contributed by atoms with Crippen molar-refractivity contribution in [2.24, 2.45) is 0 Å². The van der Waals surface area contributed by atoms with Gasteiger partial charge in [0, 0.05) is 38.9 Å². The van der Waals surface area contributed by atoms with E-state index in [-0.39, 0.29) is 17.0 Å². The van der Waals surface area contributed by atoms with E-state index in [0.717, 1.165) is 31.6 Å². The summed E-state index contributed by atoms with van der Waals surface area (Å²) in [4.78, 5) is 31.0. The normalized spacial score (nSPS) is 15.4. The molecule has 0 unspecified atom stereocenters. The van der Waals surface area contributed by atoms with Crippen molar-refractivity contribution < 1.29 is 4.79 Å². The van der Waals surface area contributed by atoms with E-state index in [1.165, 1.54) is 6.20 Å². The average Bonchev–Trinajstić information content (AvgIpc) is 2.88. The molecule has 2 heterocycles. The number of hydrogen-bond acceptors (Lipinski definition) is 4. The van der Waals surface area contributed by atoms with E-state index in [9.17, 15) is 9.59 Å². The lowest BCUT2D eigenvalue weighted by atomic mass is 10.1. The Kier molecular flexibility index (Phi) is 5.26. The minimum atomic E-state index is -0.341. The molecule has 1 aromatic heterocycles. The van der Waals surface area contributed by atoms with E-state index >= 15 is 0 Å². The number of nitriles is 1. The van der Waals surface area contributed by atoms with E-state index in [4.69, 9.17) is 5.26 Å². The van der Waals surface area contributed by atoms with Crippen LogP contribution in [0.5, 0.6) is 0 Å². The zero-order valence-electron chi connectivity index (χ0n) is 13.9. The second-order valence-corrected chi connectivity index (χ2v) is 6.14. The van der Waals surface area contributed by atoms with Crippen molar-refractivity contribution in [3.8, 4) is 6.07 Å². The van der Waals surface area contributed by atoms with Crippen LogP contribution in [-0.4, -0.2) is 46.9 Å². The molecule has 6 nitrogen and oxygen atoms in total. The molecule has 1 fully saturated rings. The van der Waals surface area contributed by atoms with Crippen LogP contribution in [0.4, 0.5) is 0 Å². The van der Waals surface area contributed by atoms with Crippen LogP contribution in [0.15, 0.2) is 47.4 Å². The van der Waals surface area contributed by atoms with Gasteiger partial charge in [-0.05, 0) is 36.2 Å². The van der Waals surface area contributed by atoms with Crippen LogP contribution in [0.1, 0.15) is 27.9 Å². The highest BCUT2D eigenvalue weighted by Crippen LogP contribution is 2.11. The van der Waals surface area contributed by atoms with Crippen LogP contribution < -0.4 is 5.56 Å². The first-order chi connectivity index (χ1) is 12.2. The highest BCUT2D eigenvalue weighted by Gasteiger charge is 2.22. The molecule has 3 rings (SSSR count). The average molecular weight is 336 g/mol. The number of carbonyl (C=O) groups is 1. The molecule has 0 atom stereocenters. The number of nitrogens with one attached hydrogen (secondary N) is 1. The Labute approximate surface area is 146 Å². The van der Waals surface area contributed by atoms with Crippen LogP contribution in [0.25, 0.3) is 0 Å². The molecule has 1 N–H and O–H groups in total. The molecule has 1 aliphatic rings. The third kappa shape index (κ3) is 4.14. The zero-order chi connectivity index (χ0) is 17.6. The summed E-state index contributed by atoms with van der Waals surface area (Å²) in [5, 5.41) is 8.86. The fourth-order valence-corrected chi connectivity index (χ4v) is 3.04. The van der Waals surface area contributed by atoms with Gasteiger partial charge in [0.15, 0.2) is 0 Å². The molecule has 0 saturated carbocycles. The predicted octanol–water partition coefficient (Wildman–Crippen LogP) is 1.59. The van der Waals surface area contributed by atoms with Crippen molar-refractivity contribution in [3.05, 3.63) is 69.6 Å². The van der Waals surface area contributed by atoms with Gasteiger partial charge in [0.05, 0.1) is 11.6 Å². The van der Waals surface area contributed by atoms with Gasteiger partial charge in [0.1, 0.15) is 5.56 Å². The Morgan fingerprint density at radius 3 is 2.64 bits per heavy atom. The highest BCUT2D eigenvalue weighted by molar-refractivity contribution is 5.93.